The minimum atomic E-state index is -0.297. The highest BCUT2D eigenvalue weighted by Crippen LogP contribution is 2.19. The molecule has 0 bridgehead atoms. The topological polar surface area (TPSA) is 63.2 Å². The van der Waals surface area contributed by atoms with Gasteiger partial charge >= 0.3 is 0 Å². The number of anilines is 1. The molecule has 1 saturated heterocycles. The van der Waals surface area contributed by atoms with Gasteiger partial charge in [-0.15, -0.1) is 5.10 Å². The van der Waals surface area contributed by atoms with Crippen molar-refractivity contribution in [3.8, 4) is 11.3 Å². The molecule has 1 aliphatic rings. The van der Waals surface area contributed by atoms with Crippen molar-refractivity contribution in [1.29, 1.82) is 0 Å². The van der Waals surface area contributed by atoms with Gasteiger partial charge in [-0.3, -0.25) is 4.90 Å². The molecular weight excluding hydrogens is 309 g/mol. The van der Waals surface area contributed by atoms with Gasteiger partial charge in [-0.25, -0.2) is 9.37 Å². The summed E-state index contributed by atoms with van der Waals surface area (Å²) >= 11 is 0. The van der Waals surface area contributed by atoms with E-state index in [4.69, 9.17) is 4.74 Å². The summed E-state index contributed by atoms with van der Waals surface area (Å²) in [6.07, 6.45) is 1.53. The van der Waals surface area contributed by atoms with E-state index in [-0.39, 0.29) is 11.4 Å². The highest BCUT2D eigenvalue weighted by Gasteiger charge is 2.28. The van der Waals surface area contributed by atoms with Crippen LogP contribution in [-0.2, 0) is 4.74 Å². The van der Waals surface area contributed by atoms with Crippen molar-refractivity contribution in [3.63, 3.8) is 0 Å². The van der Waals surface area contributed by atoms with Crippen LogP contribution in [0, 0.1) is 5.82 Å². The molecule has 6 nitrogen and oxygen atoms in total. The monoisotopic (exact) mass is 331 g/mol. The maximum atomic E-state index is 13.4. The fourth-order valence-corrected chi connectivity index (χ4v) is 2.74. The third kappa shape index (κ3) is 4.04. The van der Waals surface area contributed by atoms with Gasteiger partial charge < -0.3 is 10.1 Å². The first-order chi connectivity index (χ1) is 11.5. The summed E-state index contributed by atoms with van der Waals surface area (Å²) in [6, 6.07) is 6.30. The molecule has 7 heteroatoms. The minimum absolute atomic E-state index is 0.0536. The lowest BCUT2D eigenvalue weighted by atomic mass is 10.0. The maximum absolute atomic E-state index is 13.4. The predicted octanol–water partition coefficient (Wildman–Crippen LogP) is 2.20. The predicted molar refractivity (Wildman–Crippen MR) is 90.2 cm³/mol. The van der Waals surface area contributed by atoms with Crippen LogP contribution in [0.15, 0.2) is 30.5 Å². The van der Waals surface area contributed by atoms with E-state index in [0.29, 0.717) is 23.8 Å². The Hall–Kier alpha value is -2.12. The van der Waals surface area contributed by atoms with Gasteiger partial charge in [0.05, 0.1) is 25.1 Å². The number of rotatable bonds is 5. The highest BCUT2D eigenvalue weighted by atomic mass is 19.1. The van der Waals surface area contributed by atoms with E-state index in [2.05, 4.69) is 39.2 Å². The summed E-state index contributed by atoms with van der Waals surface area (Å²) in [5.74, 6) is 0.146. The van der Waals surface area contributed by atoms with E-state index in [9.17, 15) is 4.39 Å². The average molecular weight is 331 g/mol. The van der Waals surface area contributed by atoms with Crippen LogP contribution in [0.1, 0.15) is 13.8 Å². The maximum Gasteiger partial charge on any atom is 0.243 e. The summed E-state index contributed by atoms with van der Waals surface area (Å²) in [5.41, 5.74) is 1.22. The third-order valence-corrected chi connectivity index (χ3v) is 4.23. The summed E-state index contributed by atoms with van der Waals surface area (Å²) in [6.45, 7) is 8.38. The Balaban J connectivity index is 1.68. The Morgan fingerprint density at radius 2 is 2.08 bits per heavy atom. The van der Waals surface area contributed by atoms with E-state index >= 15 is 0 Å². The molecule has 0 aliphatic carbocycles. The molecule has 0 spiro atoms. The van der Waals surface area contributed by atoms with Crippen molar-refractivity contribution in [2.75, 3.05) is 38.2 Å². The van der Waals surface area contributed by atoms with Crippen molar-refractivity contribution in [2.24, 2.45) is 0 Å². The van der Waals surface area contributed by atoms with Crippen LogP contribution in [0.3, 0.4) is 0 Å². The zero-order valence-electron chi connectivity index (χ0n) is 14.0. The van der Waals surface area contributed by atoms with E-state index in [1.165, 1.54) is 18.3 Å². The van der Waals surface area contributed by atoms with Crippen LogP contribution in [0.25, 0.3) is 11.3 Å². The molecule has 0 radical (unpaired) electrons. The Bertz CT molecular complexity index is 688. The van der Waals surface area contributed by atoms with Crippen LogP contribution >= 0.6 is 0 Å². The van der Waals surface area contributed by atoms with E-state index in [1.807, 2.05) is 0 Å². The fraction of sp³-hybridized carbons (Fsp3) is 0.471. The van der Waals surface area contributed by atoms with E-state index in [0.717, 1.165) is 26.3 Å². The van der Waals surface area contributed by atoms with Crippen LogP contribution in [0.2, 0.25) is 0 Å². The summed E-state index contributed by atoms with van der Waals surface area (Å²) in [5, 5.41) is 11.2. The number of nitrogens with one attached hydrogen (secondary N) is 1. The number of morpholine rings is 1. The van der Waals surface area contributed by atoms with E-state index < -0.39 is 0 Å². The number of hydrogen-bond acceptors (Lipinski definition) is 6. The van der Waals surface area contributed by atoms with Crippen LogP contribution in [-0.4, -0.2) is 58.5 Å². The van der Waals surface area contributed by atoms with Crippen molar-refractivity contribution < 1.29 is 9.13 Å². The molecule has 0 saturated carbocycles. The lowest BCUT2D eigenvalue weighted by Crippen LogP contribution is -2.53. The molecule has 1 aromatic heterocycles. The summed E-state index contributed by atoms with van der Waals surface area (Å²) in [4.78, 5) is 6.82. The molecule has 1 aliphatic heterocycles. The molecular formula is C17H22FN5O. The zero-order chi connectivity index (χ0) is 17.0. The van der Waals surface area contributed by atoms with Crippen molar-refractivity contribution in [1.82, 2.24) is 20.1 Å². The van der Waals surface area contributed by atoms with Crippen LogP contribution in [0.4, 0.5) is 10.3 Å². The Labute approximate surface area is 141 Å². The number of hydrogen-bond donors (Lipinski definition) is 1. The lowest BCUT2D eigenvalue weighted by molar-refractivity contribution is -0.00573. The molecule has 3 rings (SSSR count). The largest absolute Gasteiger partial charge is 0.379 e. The molecule has 1 fully saturated rings. The smallest absolute Gasteiger partial charge is 0.243 e. The van der Waals surface area contributed by atoms with Crippen LogP contribution < -0.4 is 5.32 Å². The SMILES string of the molecule is CC(C)(CNc1nncc(-c2cccc(F)c2)n1)N1CCOCC1. The van der Waals surface area contributed by atoms with Crippen molar-refractivity contribution >= 4 is 5.95 Å². The van der Waals surface area contributed by atoms with Gasteiger partial charge in [-0.2, -0.15) is 5.10 Å². The Kier molecular flexibility index (Phi) is 5.01. The van der Waals surface area contributed by atoms with Gasteiger partial charge in [0.1, 0.15) is 5.82 Å². The van der Waals surface area contributed by atoms with Crippen molar-refractivity contribution in [2.45, 2.75) is 19.4 Å². The Morgan fingerprint density at radius 3 is 2.83 bits per heavy atom. The van der Waals surface area contributed by atoms with Gasteiger partial charge in [-0.1, -0.05) is 12.1 Å². The lowest BCUT2D eigenvalue weighted by Gasteiger charge is -2.40. The second kappa shape index (κ2) is 7.19. The first-order valence-corrected chi connectivity index (χ1v) is 8.07. The first kappa shape index (κ1) is 16.7. The first-order valence-electron chi connectivity index (χ1n) is 8.07. The highest BCUT2D eigenvalue weighted by molar-refractivity contribution is 5.58. The molecule has 1 aromatic carbocycles. The molecule has 2 heterocycles. The molecule has 128 valence electrons. The normalized spacial score (nSPS) is 16.1. The summed E-state index contributed by atoms with van der Waals surface area (Å²) in [7, 11) is 0. The standard InChI is InChI=1S/C17H22FN5O/c1-17(2,23-6-8-24-9-7-23)12-19-16-21-15(11-20-22-16)13-4-3-5-14(18)10-13/h3-5,10-11H,6-9,12H2,1-2H3,(H,19,21,22). The average Bonchev–Trinajstić information content (AvgIpc) is 2.61. The third-order valence-electron chi connectivity index (χ3n) is 4.23. The fourth-order valence-electron chi connectivity index (χ4n) is 2.74. The van der Waals surface area contributed by atoms with Gasteiger partial charge in [0.15, 0.2) is 0 Å². The summed E-state index contributed by atoms with van der Waals surface area (Å²) < 4.78 is 18.8. The quantitative estimate of drug-likeness (QED) is 0.906. The minimum Gasteiger partial charge on any atom is -0.379 e. The molecule has 1 N–H and O–H groups in total. The van der Waals surface area contributed by atoms with Gasteiger partial charge in [0.2, 0.25) is 5.95 Å². The molecule has 0 amide bonds. The van der Waals surface area contributed by atoms with Crippen LogP contribution in [0.5, 0.6) is 0 Å². The molecule has 0 unspecified atom stereocenters. The molecule has 2 aromatic rings. The van der Waals surface area contributed by atoms with Gasteiger partial charge in [0, 0.05) is 30.7 Å². The number of nitrogens with zero attached hydrogens (tertiary/aromatic N) is 4. The zero-order valence-corrected chi connectivity index (χ0v) is 14.0. The van der Waals surface area contributed by atoms with Gasteiger partial charge in [-0.05, 0) is 26.0 Å². The second-order valence-electron chi connectivity index (χ2n) is 6.44. The molecule has 24 heavy (non-hydrogen) atoms. The number of halogens is 1. The number of ether oxygens (including phenoxy) is 1. The van der Waals surface area contributed by atoms with Gasteiger partial charge in [0.25, 0.3) is 0 Å². The number of benzene rings is 1. The second-order valence-corrected chi connectivity index (χ2v) is 6.44. The Morgan fingerprint density at radius 1 is 1.29 bits per heavy atom. The number of aromatic nitrogens is 3. The van der Waals surface area contributed by atoms with E-state index in [1.54, 1.807) is 12.1 Å². The van der Waals surface area contributed by atoms with Crippen molar-refractivity contribution in [3.05, 3.63) is 36.3 Å². The molecule has 0 atom stereocenters.